The molecule has 0 heterocycles. The van der Waals surface area contributed by atoms with E-state index >= 15 is 0 Å². The third-order valence-electron chi connectivity index (χ3n) is 2.59. The smallest absolute Gasteiger partial charge is 0.0132 e. The second-order valence-electron chi connectivity index (χ2n) is 4.74. The average molecular weight is 176 g/mol. The summed E-state index contributed by atoms with van der Waals surface area (Å²) in [5, 5.41) is 0. The van der Waals surface area contributed by atoms with E-state index in [1.807, 2.05) is 0 Å². The van der Waals surface area contributed by atoms with Crippen molar-refractivity contribution < 1.29 is 0 Å². The van der Waals surface area contributed by atoms with Crippen LogP contribution in [0.5, 0.6) is 0 Å². The van der Waals surface area contributed by atoms with Gasteiger partial charge in [-0.15, -0.1) is 0 Å². The van der Waals surface area contributed by atoms with Crippen molar-refractivity contribution in [2.75, 3.05) is 0 Å². The van der Waals surface area contributed by atoms with Crippen LogP contribution in [0.15, 0.2) is 18.2 Å². The van der Waals surface area contributed by atoms with Gasteiger partial charge < -0.3 is 0 Å². The molecule has 0 spiro atoms. The number of hydrogen-bond acceptors (Lipinski definition) is 0. The molecule has 0 amide bonds. The fourth-order valence-electron chi connectivity index (χ4n) is 1.56. The van der Waals surface area contributed by atoms with Gasteiger partial charge in [0, 0.05) is 0 Å². The Morgan fingerprint density at radius 1 is 1.15 bits per heavy atom. The number of aryl methyl sites for hydroxylation is 2. The van der Waals surface area contributed by atoms with Gasteiger partial charge in [-0.05, 0) is 35.4 Å². The van der Waals surface area contributed by atoms with Crippen molar-refractivity contribution in [1.29, 1.82) is 0 Å². The van der Waals surface area contributed by atoms with Gasteiger partial charge in [-0.25, -0.2) is 0 Å². The van der Waals surface area contributed by atoms with Gasteiger partial charge in [-0.2, -0.15) is 0 Å². The van der Waals surface area contributed by atoms with Crippen LogP contribution in [0.1, 0.15) is 44.4 Å². The largest absolute Gasteiger partial charge is 0.0613 e. The highest BCUT2D eigenvalue weighted by Gasteiger charge is 2.13. The quantitative estimate of drug-likeness (QED) is 0.609. The molecule has 0 aliphatic heterocycles. The Balaban J connectivity index is 3.10. The molecule has 0 atom stereocenters. The summed E-state index contributed by atoms with van der Waals surface area (Å²) >= 11 is 0. The Morgan fingerprint density at radius 3 is 2.15 bits per heavy atom. The SMILES string of the molecule is CCc1ccc(C(C)(C)C)cc1C. The Kier molecular flexibility index (Phi) is 2.80. The van der Waals surface area contributed by atoms with E-state index in [0.29, 0.717) is 0 Å². The van der Waals surface area contributed by atoms with E-state index in [2.05, 4.69) is 52.8 Å². The first-order valence-corrected chi connectivity index (χ1v) is 5.05. The Bertz CT molecular complexity index is 289. The number of benzene rings is 1. The molecule has 0 aliphatic rings. The molecule has 1 aromatic rings. The molecule has 0 radical (unpaired) electrons. The molecule has 0 N–H and O–H groups in total. The summed E-state index contributed by atoms with van der Waals surface area (Å²) in [6.07, 6.45) is 1.14. The van der Waals surface area contributed by atoms with Crippen molar-refractivity contribution in [3.05, 3.63) is 34.9 Å². The molecule has 13 heavy (non-hydrogen) atoms. The lowest BCUT2D eigenvalue weighted by molar-refractivity contribution is 0.589. The van der Waals surface area contributed by atoms with Crippen LogP contribution in [-0.4, -0.2) is 0 Å². The summed E-state index contributed by atoms with van der Waals surface area (Å²) in [4.78, 5) is 0. The van der Waals surface area contributed by atoms with Crippen molar-refractivity contribution in [2.45, 2.75) is 46.5 Å². The summed E-state index contributed by atoms with van der Waals surface area (Å²) in [5.74, 6) is 0. The van der Waals surface area contributed by atoms with Crippen LogP contribution in [0.3, 0.4) is 0 Å². The fraction of sp³-hybridized carbons (Fsp3) is 0.538. The van der Waals surface area contributed by atoms with E-state index in [4.69, 9.17) is 0 Å². The lowest BCUT2D eigenvalue weighted by Gasteiger charge is -2.20. The minimum Gasteiger partial charge on any atom is -0.0613 e. The molecule has 0 bridgehead atoms. The van der Waals surface area contributed by atoms with Crippen molar-refractivity contribution >= 4 is 0 Å². The number of rotatable bonds is 1. The second kappa shape index (κ2) is 3.53. The Hall–Kier alpha value is -0.780. The first kappa shape index (κ1) is 10.3. The standard InChI is InChI=1S/C13H20/c1-6-11-7-8-12(9-10(11)2)13(3,4)5/h7-9H,6H2,1-5H3. The molecule has 0 nitrogen and oxygen atoms in total. The molecule has 0 saturated carbocycles. The zero-order valence-corrected chi connectivity index (χ0v) is 9.44. The summed E-state index contributed by atoms with van der Waals surface area (Å²) in [6, 6.07) is 6.83. The van der Waals surface area contributed by atoms with E-state index in [-0.39, 0.29) is 5.41 Å². The van der Waals surface area contributed by atoms with Crippen LogP contribution < -0.4 is 0 Å². The van der Waals surface area contributed by atoms with Crippen molar-refractivity contribution in [3.8, 4) is 0 Å². The van der Waals surface area contributed by atoms with Crippen LogP contribution >= 0.6 is 0 Å². The van der Waals surface area contributed by atoms with Gasteiger partial charge in [0.05, 0.1) is 0 Å². The third-order valence-corrected chi connectivity index (χ3v) is 2.59. The molecule has 0 saturated heterocycles. The topological polar surface area (TPSA) is 0 Å². The Labute approximate surface area is 82.0 Å². The lowest BCUT2D eigenvalue weighted by atomic mass is 9.85. The van der Waals surface area contributed by atoms with Crippen molar-refractivity contribution in [2.24, 2.45) is 0 Å². The minimum atomic E-state index is 0.275. The van der Waals surface area contributed by atoms with Gasteiger partial charge in [0.15, 0.2) is 0 Å². The summed E-state index contributed by atoms with van der Waals surface area (Å²) < 4.78 is 0. The molecule has 72 valence electrons. The van der Waals surface area contributed by atoms with Crippen LogP contribution in [0.2, 0.25) is 0 Å². The van der Waals surface area contributed by atoms with Crippen molar-refractivity contribution in [1.82, 2.24) is 0 Å². The third kappa shape index (κ3) is 2.33. The summed E-state index contributed by atoms with van der Waals surface area (Å²) in [5.41, 5.74) is 4.60. The van der Waals surface area contributed by atoms with Crippen LogP contribution in [0.4, 0.5) is 0 Å². The van der Waals surface area contributed by atoms with Crippen LogP contribution in [0.25, 0.3) is 0 Å². The molecule has 0 unspecified atom stereocenters. The molecule has 0 aromatic heterocycles. The van der Waals surface area contributed by atoms with Gasteiger partial charge in [-0.1, -0.05) is 45.9 Å². The van der Waals surface area contributed by atoms with Gasteiger partial charge in [0.25, 0.3) is 0 Å². The maximum atomic E-state index is 2.32. The van der Waals surface area contributed by atoms with E-state index < -0.39 is 0 Å². The van der Waals surface area contributed by atoms with Gasteiger partial charge in [-0.3, -0.25) is 0 Å². The highest BCUT2D eigenvalue weighted by molar-refractivity contribution is 5.34. The molecule has 0 aliphatic carbocycles. The first-order chi connectivity index (χ1) is 5.95. The van der Waals surface area contributed by atoms with Gasteiger partial charge in [0.2, 0.25) is 0 Å². The predicted octanol–water partition coefficient (Wildman–Crippen LogP) is 3.85. The van der Waals surface area contributed by atoms with E-state index in [1.165, 1.54) is 16.7 Å². The second-order valence-corrected chi connectivity index (χ2v) is 4.74. The van der Waals surface area contributed by atoms with E-state index in [1.54, 1.807) is 0 Å². The normalized spacial score (nSPS) is 11.8. The number of hydrogen-bond donors (Lipinski definition) is 0. The van der Waals surface area contributed by atoms with Crippen molar-refractivity contribution in [3.63, 3.8) is 0 Å². The Morgan fingerprint density at radius 2 is 1.77 bits per heavy atom. The summed E-state index contributed by atoms with van der Waals surface area (Å²) in [6.45, 7) is 11.2. The summed E-state index contributed by atoms with van der Waals surface area (Å²) in [7, 11) is 0. The predicted molar refractivity (Wildman–Crippen MR) is 59.3 cm³/mol. The van der Waals surface area contributed by atoms with Crippen LogP contribution in [0, 0.1) is 6.92 Å². The zero-order valence-electron chi connectivity index (χ0n) is 9.44. The molecular formula is C13H20. The highest BCUT2D eigenvalue weighted by atomic mass is 14.2. The van der Waals surface area contributed by atoms with Gasteiger partial charge in [0.1, 0.15) is 0 Å². The molecule has 0 heteroatoms. The maximum absolute atomic E-state index is 2.32. The van der Waals surface area contributed by atoms with E-state index in [9.17, 15) is 0 Å². The van der Waals surface area contributed by atoms with Gasteiger partial charge >= 0.3 is 0 Å². The molecular weight excluding hydrogens is 156 g/mol. The molecule has 0 fully saturated rings. The zero-order chi connectivity index (χ0) is 10.1. The fourth-order valence-corrected chi connectivity index (χ4v) is 1.56. The lowest BCUT2D eigenvalue weighted by Crippen LogP contribution is -2.11. The van der Waals surface area contributed by atoms with Crippen LogP contribution in [-0.2, 0) is 11.8 Å². The average Bonchev–Trinajstić information content (AvgIpc) is 2.02. The monoisotopic (exact) mass is 176 g/mol. The minimum absolute atomic E-state index is 0.275. The molecule has 1 aromatic carbocycles. The first-order valence-electron chi connectivity index (χ1n) is 5.05. The van der Waals surface area contributed by atoms with E-state index in [0.717, 1.165) is 6.42 Å². The molecule has 1 rings (SSSR count). The highest BCUT2D eigenvalue weighted by Crippen LogP contribution is 2.24. The maximum Gasteiger partial charge on any atom is -0.0132 e.